The van der Waals surface area contributed by atoms with Crippen molar-refractivity contribution in [1.82, 2.24) is 10.3 Å². The first-order valence-corrected chi connectivity index (χ1v) is 12.4. The van der Waals surface area contributed by atoms with Gasteiger partial charge >= 0.3 is 0 Å². The Labute approximate surface area is 202 Å². The number of hydrogen-bond donors (Lipinski definition) is 2. The van der Waals surface area contributed by atoms with Crippen LogP contribution >= 0.6 is 0 Å². The van der Waals surface area contributed by atoms with E-state index in [0.29, 0.717) is 12.6 Å². The normalized spacial score (nSPS) is 20.3. The summed E-state index contributed by atoms with van der Waals surface area (Å²) in [5.41, 5.74) is 4.20. The third kappa shape index (κ3) is 13.9. The second kappa shape index (κ2) is 17.4. The minimum absolute atomic E-state index is 0.0302. The van der Waals surface area contributed by atoms with E-state index in [9.17, 15) is 4.79 Å². The average Bonchev–Trinajstić information content (AvgIpc) is 3.74. The summed E-state index contributed by atoms with van der Waals surface area (Å²) in [6.07, 6.45) is 14.3. The summed E-state index contributed by atoms with van der Waals surface area (Å²) in [6, 6.07) is 3.88. The number of aliphatic hydroxyl groups excluding tert-OH is 1. The quantitative estimate of drug-likeness (QED) is 0.287. The lowest BCUT2D eigenvalue weighted by Crippen LogP contribution is -2.25. The van der Waals surface area contributed by atoms with E-state index in [-0.39, 0.29) is 5.91 Å². The smallest absolute Gasteiger partial charge is 0.217 e. The van der Waals surface area contributed by atoms with E-state index in [4.69, 9.17) is 9.84 Å². The van der Waals surface area contributed by atoms with Gasteiger partial charge in [0, 0.05) is 13.1 Å². The molecule has 5 heteroatoms. The highest BCUT2D eigenvalue weighted by molar-refractivity contribution is 5.72. The van der Waals surface area contributed by atoms with Gasteiger partial charge in [-0.3, -0.25) is 9.78 Å². The fraction of sp³-hybridized carbons (Fsp3) is 0.643. The van der Waals surface area contributed by atoms with Gasteiger partial charge in [-0.25, -0.2) is 0 Å². The monoisotopic (exact) mass is 460 g/mol. The van der Waals surface area contributed by atoms with Crippen molar-refractivity contribution in [2.24, 2.45) is 11.3 Å². The summed E-state index contributed by atoms with van der Waals surface area (Å²) in [4.78, 5) is 14.7. The number of aliphatic hydroxyl groups is 1. The van der Waals surface area contributed by atoms with Crippen LogP contribution in [0, 0.1) is 18.3 Å². The summed E-state index contributed by atoms with van der Waals surface area (Å²) in [5.74, 6) is 0.939. The summed E-state index contributed by atoms with van der Waals surface area (Å²) in [6.45, 7) is 18.2. The molecule has 1 aliphatic heterocycles. The van der Waals surface area contributed by atoms with Gasteiger partial charge in [0.25, 0.3) is 0 Å². The van der Waals surface area contributed by atoms with Crippen molar-refractivity contribution < 1.29 is 14.6 Å². The average molecular weight is 461 g/mol. The van der Waals surface area contributed by atoms with Crippen molar-refractivity contribution in [2.45, 2.75) is 99.6 Å². The number of aryl methyl sites for hydroxylation is 1. The fourth-order valence-electron chi connectivity index (χ4n) is 3.80. The Balaban J connectivity index is 0.000000449. The number of carbonyl (C=O) groups is 1. The van der Waals surface area contributed by atoms with E-state index in [0.717, 1.165) is 35.5 Å². The molecule has 2 heterocycles. The van der Waals surface area contributed by atoms with Gasteiger partial charge in [0.15, 0.2) is 0 Å². The number of nitrogens with zero attached hydrogens (tertiary/aromatic N) is 1. The predicted molar refractivity (Wildman–Crippen MR) is 139 cm³/mol. The maximum atomic E-state index is 10.5. The highest BCUT2D eigenvalue weighted by Crippen LogP contribution is 2.62. The molecule has 0 radical (unpaired) electrons. The van der Waals surface area contributed by atoms with Crippen molar-refractivity contribution in [3.63, 3.8) is 0 Å². The van der Waals surface area contributed by atoms with E-state index in [1.807, 2.05) is 39.8 Å². The van der Waals surface area contributed by atoms with Gasteiger partial charge in [-0.15, -0.1) is 0 Å². The first-order chi connectivity index (χ1) is 15.8. The Morgan fingerprint density at radius 2 is 1.82 bits per heavy atom. The number of allylic oxidation sites excluding steroid dienone is 2. The van der Waals surface area contributed by atoms with E-state index >= 15 is 0 Å². The topological polar surface area (TPSA) is 74.8 Å². The summed E-state index contributed by atoms with van der Waals surface area (Å²) in [5, 5.41) is 10.0. The van der Waals surface area contributed by atoms with Gasteiger partial charge in [0.05, 0.1) is 31.2 Å². The van der Waals surface area contributed by atoms with Gasteiger partial charge in [-0.05, 0) is 76.3 Å². The minimum atomic E-state index is -0.0302. The van der Waals surface area contributed by atoms with Gasteiger partial charge in [-0.2, -0.15) is 0 Å². The molecule has 2 N–H and O–H groups in total. The molecule has 3 fully saturated rings. The van der Waals surface area contributed by atoms with Crippen LogP contribution in [0.4, 0.5) is 0 Å². The zero-order valence-corrected chi connectivity index (χ0v) is 22.1. The molecule has 0 aromatic carbocycles. The minimum Gasteiger partial charge on any atom is -0.516 e. The van der Waals surface area contributed by atoms with E-state index in [2.05, 4.69) is 36.8 Å². The Bertz CT molecular complexity index is 686. The first-order valence-electron chi connectivity index (χ1n) is 12.4. The number of carbonyl (C=O) groups excluding carboxylic acids is 1. The largest absolute Gasteiger partial charge is 0.516 e. The van der Waals surface area contributed by atoms with Crippen molar-refractivity contribution in [3.8, 4) is 0 Å². The molecule has 1 amide bonds. The molecule has 1 aromatic heterocycles. The van der Waals surface area contributed by atoms with Crippen LogP contribution in [0.3, 0.4) is 0 Å². The lowest BCUT2D eigenvalue weighted by atomic mass is 9.75. The van der Waals surface area contributed by atoms with Crippen LogP contribution < -0.4 is 5.32 Å². The summed E-state index contributed by atoms with van der Waals surface area (Å²) >= 11 is 0. The number of amides is 1. The van der Waals surface area contributed by atoms with Crippen LogP contribution in [0.5, 0.6) is 0 Å². The second-order valence-corrected chi connectivity index (χ2v) is 8.87. The molecule has 1 saturated heterocycles. The number of ether oxygens (including phenoxy) is 1. The molecule has 2 unspecified atom stereocenters. The third-order valence-electron chi connectivity index (χ3n) is 5.99. The molecule has 2 aliphatic carbocycles. The number of aromatic nitrogens is 1. The van der Waals surface area contributed by atoms with E-state index in [1.165, 1.54) is 51.0 Å². The fourth-order valence-corrected chi connectivity index (χ4v) is 3.80. The molecule has 2 atom stereocenters. The van der Waals surface area contributed by atoms with Crippen molar-refractivity contribution in [3.05, 3.63) is 54.1 Å². The second-order valence-electron chi connectivity index (χ2n) is 8.87. The number of nitrogens with one attached hydrogen (secondary N) is 1. The van der Waals surface area contributed by atoms with Crippen molar-refractivity contribution in [2.75, 3.05) is 6.61 Å². The maximum Gasteiger partial charge on any atom is 0.217 e. The Morgan fingerprint density at radius 1 is 1.24 bits per heavy atom. The van der Waals surface area contributed by atoms with Crippen LogP contribution in [-0.2, 0) is 16.1 Å². The molecule has 1 aromatic rings. The highest BCUT2D eigenvalue weighted by Gasteiger charge is 2.55. The van der Waals surface area contributed by atoms with Crippen LogP contribution in [0.15, 0.2) is 42.8 Å². The molecule has 4 rings (SSSR count). The lowest BCUT2D eigenvalue weighted by Gasteiger charge is -2.30. The Hall–Kier alpha value is -2.14. The van der Waals surface area contributed by atoms with Crippen LogP contribution in [0.2, 0.25) is 0 Å². The number of pyridine rings is 1. The van der Waals surface area contributed by atoms with Crippen LogP contribution in [-0.4, -0.2) is 28.7 Å². The summed E-state index contributed by atoms with van der Waals surface area (Å²) in [7, 11) is 0. The predicted octanol–water partition coefficient (Wildman–Crippen LogP) is 7.07. The number of epoxide rings is 1. The SMILES string of the molecule is C1CCC2(CC2)C(C2CO2)C1.C=CO.CC.CC(=O)NCc1ccc(C)cn1.CC=C(C)C. The maximum absolute atomic E-state index is 10.5. The molecule has 2 saturated carbocycles. The van der Waals surface area contributed by atoms with Crippen molar-refractivity contribution in [1.29, 1.82) is 0 Å². The van der Waals surface area contributed by atoms with Crippen LogP contribution in [0.1, 0.15) is 91.3 Å². The highest BCUT2D eigenvalue weighted by atomic mass is 16.6. The Morgan fingerprint density at radius 3 is 2.21 bits per heavy atom. The van der Waals surface area contributed by atoms with E-state index in [1.54, 1.807) is 6.20 Å². The molecule has 3 aliphatic rings. The van der Waals surface area contributed by atoms with Gasteiger partial charge in [-0.1, -0.05) is 51.0 Å². The van der Waals surface area contributed by atoms with Gasteiger partial charge in [0.1, 0.15) is 0 Å². The molecule has 1 spiro atoms. The number of rotatable bonds is 3. The molecule has 5 nitrogen and oxygen atoms in total. The molecule has 188 valence electrons. The van der Waals surface area contributed by atoms with Crippen LogP contribution in [0.25, 0.3) is 0 Å². The standard InChI is InChI=1S/C10H16O.C9H12N2O.C5H10.C2H4O.C2H6/c1-2-4-10(5-6-10)8(3-1)9-7-11-9;1-7-3-4-9(11-5-7)6-10-8(2)12;1-4-5(2)3;1-2-3;1-2/h8-9H,1-7H2;3-5H,6H2,1-2H3,(H,10,12);4H,1-3H3;2-3H,1H2;1-2H3. The van der Waals surface area contributed by atoms with E-state index < -0.39 is 0 Å². The zero-order chi connectivity index (χ0) is 25.3. The molecule has 0 bridgehead atoms. The van der Waals surface area contributed by atoms with Gasteiger partial charge in [0.2, 0.25) is 5.91 Å². The first kappa shape index (κ1) is 30.9. The van der Waals surface area contributed by atoms with Crippen molar-refractivity contribution >= 4 is 5.91 Å². The zero-order valence-electron chi connectivity index (χ0n) is 22.1. The Kier molecular flexibility index (Phi) is 16.2. The molecular weight excluding hydrogens is 412 g/mol. The molecular formula is C28H48N2O3. The number of hydrogen-bond acceptors (Lipinski definition) is 4. The lowest BCUT2D eigenvalue weighted by molar-refractivity contribution is -0.119. The van der Waals surface area contributed by atoms with Gasteiger partial charge < -0.3 is 15.2 Å². The third-order valence-corrected chi connectivity index (χ3v) is 5.99. The molecule has 33 heavy (non-hydrogen) atoms. The summed E-state index contributed by atoms with van der Waals surface area (Å²) < 4.78 is 5.42.